The predicted molar refractivity (Wildman–Crippen MR) is 52.3 cm³/mol. The van der Waals surface area contributed by atoms with Crippen molar-refractivity contribution in [1.82, 2.24) is 10.2 Å². The molecule has 3 rings (SSSR count). The highest BCUT2D eigenvalue weighted by Gasteiger charge is 2.39. The minimum absolute atomic E-state index is 0.421. The Labute approximate surface area is 84.5 Å². The van der Waals surface area contributed by atoms with E-state index in [-0.39, 0.29) is 0 Å². The van der Waals surface area contributed by atoms with Gasteiger partial charge in [-0.3, -0.25) is 4.90 Å². The number of hydrogen-bond donors (Lipinski definition) is 1. The van der Waals surface area contributed by atoms with E-state index < -0.39 is 0 Å². The molecule has 3 atom stereocenters. The highest BCUT2D eigenvalue weighted by Crippen LogP contribution is 2.23. The van der Waals surface area contributed by atoms with Crippen molar-refractivity contribution in [2.45, 2.75) is 24.6 Å². The number of rotatable bonds is 1. The molecule has 80 valence electrons. The second-order valence-corrected chi connectivity index (χ2v) is 4.39. The van der Waals surface area contributed by atoms with E-state index in [0.717, 1.165) is 39.5 Å². The first-order valence-electron chi connectivity index (χ1n) is 5.61. The summed E-state index contributed by atoms with van der Waals surface area (Å²) in [5.74, 6) is 0. The highest BCUT2D eigenvalue weighted by atomic mass is 16.5. The minimum atomic E-state index is 0.421. The maximum absolute atomic E-state index is 5.75. The van der Waals surface area contributed by atoms with Crippen molar-refractivity contribution in [3.8, 4) is 0 Å². The van der Waals surface area contributed by atoms with Gasteiger partial charge in [-0.2, -0.15) is 0 Å². The van der Waals surface area contributed by atoms with Crippen molar-refractivity contribution in [3.05, 3.63) is 0 Å². The second-order valence-electron chi connectivity index (χ2n) is 4.39. The molecule has 4 nitrogen and oxygen atoms in total. The molecule has 0 aromatic heterocycles. The Hall–Kier alpha value is -0.160. The van der Waals surface area contributed by atoms with Crippen LogP contribution >= 0.6 is 0 Å². The van der Waals surface area contributed by atoms with Gasteiger partial charge in [0.05, 0.1) is 25.4 Å². The molecule has 1 unspecified atom stereocenters. The van der Waals surface area contributed by atoms with Crippen molar-refractivity contribution in [2.24, 2.45) is 0 Å². The molecule has 3 aliphatic rings. The van der Waals surface area contributed by atoms with Crippen molar-refractivity contribution in [3.63, 3.8) is 0 Å². The minimum Gasteiger partial charge on any atom is -0.380 e. The SMILES string of the molecule is C1CC(N2CCO[C@@H]3CNC[C@H]32)CO1. The molecular weight excluding hydrogens is 180 g/mol. The Balaban J connectivity index is 1.70. The Morgan fingerprint density at radius 1 is 1.21 bits per heavy atom. The summed E-state index contributed by atoms with van der Waals surface area (Å²) < 4.78 is 11.2. The normalized spacial score (nSPS) is 44.1. The Morgan fingerprint density at radius 2 is 2.21 bits per heavy atom. The highest BCUT2D eigenvalue weighted by molar-refractivity contribution is 4.95. The fourth-order valence-electron chi connectivity index (χ4n) is 2.85. The Bertz CT molecular complexity index is 206. The first-order valence-corrected chi connectivity index (χ1v) is 5.61. The van der Waals surface area contributed by atoms with Gasteiger partial charge in [0.15, 0.2) is 0 Å². The molecule has 0 amide bonds. The van der Waals surface area contributed by atoms with E-state index in [1.54, 1.807) is 0 Å². The third kappa shape index (κ3) is 1.46. The molecule has 1 N–H and O–H groups in total. The van der Waals surface area contributed by atoms with Crippen molar-refractivity contribution < 1.29 is 9.47 Å². The maximum atomic E-state index is 5.75. The molecule has 0 saturated carbocycles. The van der Waals surface area contributed by atoms with Crippen LogP contribution in [0, 0.1) is 0 Å². The summed E-state index contributed by atoms with van der Waals surface area (Å²) >= 11 is 0. The van der Waals surface area contributed by atoms with Gasteiger partial charge < -0.3 is 14.8 Å². The molecule has 3 aliphatic heterocycles. The van der Waals surface area contributed by atoms with Crippen LogP contribution in [0.5, 0.6) is 0 Å². The smallest absolute Gasteiger partial charge is 0.0867 e. The monoisotopic (exact) mass is 198 g/mol. The first kappa shape index (κ1) is 9.09. The lowest BCUT2D eigenvalue weighted by Crippen LogP contribution is -2.55. The van der Waals surface area contributed by atoms with Crippen LogP contribution < -0.4 is 5.32 Å². The second kappa shape index (κ2) is 3.77. The summed E-state index contributed by atoms with van der Waals surface area (Å²) in [6.45, 7) is 5.93. The lowest BCUT2D eigenvalue weighted by molar-refractivity contribution is -0.0637. The topological polar surface area (TPSA) is 33.7 Å². The molecule has 0 spiro atoms. The van der Waals surface area contributed by atoms with Crippen LogP contribution in [0.2, 0.25) is 0 Å². The third-order valence-corrected chi connectivity index (χ3v) is 3.61. The van der Waals surface area contributed by atoms with E-state index in [1.165, 1.54) is 6.42 Å². The summed E-state index contributed by atoms with van der Waals surface area (Å²) in [6, 6.07) is 1.24. The molecule has 0 aliphatic carbocycles. The molecule has 0 aromatic carbocycles. The number of nitrogens with one attached hydrogen (secondary N) is 1. The van der Waals surface area contributed by atoms with E-state index in [4.69, 9.17) is 9.47 Å². The number of ether oxygens (including phenoxy) is 2. The van der Waals surface area contributed by atoms with Gasteiger partial charge in [-0.15, -0.1) is 0 Å². The first-order chi connectivity index (χ1) is 6.95. The van der Waals surface area contributed by atoms with Crippen LogP contribution in [0.15, 0.2) is 0 Å². The zero-order valence-corrected chi connectivity index (χ0v) is 8.45. The van der Waals surface area contributed by atoms with E-state index >= 15 is 0 Å². The third-order valence-electron chi connectivity index (χ3n) is 3.61. The van der Waals surface area contributed by atoms with Crippen molar-refractivity contribution >= 4 is 0 Å². The molecule has 0 radical (unpaired) electrons. The molecule has 3 heterocycles. The zero-order chi connectivity index (χ0) is 9.38. The largest absolute Gasteiger partial charge is 0.380 e. The summed E-state index contributed by atoms with van der Waals surface area (Å²) in [5.41, 5.74) is 0. The fraction of sp³-hybridized carbons (Fsp3) is 1.00. The number of fused-ring (bicyclic) bond motifs is 1. The predicted octanol–water partition coefficient (Wildman–Crippen LogP) is -0.552. The summed E-state index contributed by atoms with van der Waals surface area (Å²) in [5, 5.41) is 3.41. The molecule has 0 bridgehead atoms. The molecule has 3 fully saturated rings. The maximum Gasteiger partial charge on any atom is 0.0867 e. The molecule has 4 heteroatoms. The van der Waals surface area contributed by atoms with Gasteiger partial charge in [-0.25, -0.2) is 0 Å². The van der Waals surface area contributed by atoms with Crippen LogP contribution in [0.1, 0.15) is 6.42 Å². The molecular formula is C10H18N2O2. The van der Waals surface area contributed by atoms with Crippen LogP contribution in [0.4, 0.5) is 0 Å². The number of morpholine rings is 1. The summed E-state index contributed by atoms with van der Waals surface area (Å²) in [6.07, 6.45) is 1.62. The molecule has 0 aromatic rings. The van der Waals surface area contributed by atoms with Gasteiger partial charge in [0.2, 0.25) is 0 Å². The van der Waals surface area contributed by atoms with Gasteiger partial charge in [0, 0.05) is 32.3 Å². The van der Waals surface area contributed by atoms with Crippen LogP contribution in [-0.2, 0) is 9.47 Å². The summed E-state index contributed by atoms with van der Waals surface area (Å²) in [4.78, 5) is 2.60. The van der Waals surface area contributed by atoms with E-state index in [9.17, 15) is 0 Å². The van der Waals surface area contributed by atoms with Crippen LogP contribution in [0.25, 0.3) is 0 Å². The van der Waals surface area contributed by atoms with E-state index in [1.807, 2.05) is 0 Å². The lowest BCUT2D eigenvalue weighted by Gasteiger charge is -2.40. The van der Waals surface area contributed by atoms with Crippen molar-refractivity contribution in [2.75, 3.05) is 39.5 Å². The van der Waals surface area contributed by atoms with Gasteiger partial charge in [-0.1, -0.05) is 0 Å². The van der Waals surface area contributed by atoms with Gasteiger partial charge in [0.1, 0.15) is 0 Å². The van der Waals surface area contributed by atoms with Gasteiger partial charge in [-0.05, 0) is 6.42 Å². The quantitative estimate of drug-likeness (QED) is 0.613. The Morgan fingerprint density at radius 3 is 3.07 bits per heavy atom. The van der Waals surface area contributed by atoms with Crippen LogP contribution in [0.3, 0.4) is 0 Å². The van der Waals surface area contributed by atoms with E-state index in [0.29, 0.717) is 18.2 Å². The van der Waals surface area contributed by atoms with E-state index in [2.05, 4.69) is 10.2 Å². The van der Waals surface area contributed by atoms with Gasteiger partial charge in [0.25, 0.3) is 0 Å². The zero-order valence-electron chi connectivity index (χ0n) is 8.45. The van der Waals surface area contributed by atoms with Crippen LogP contribution in [-0.4, -0.2) is 62.5 Å². The average Bonchev–Trinajstić information content (AvgIpc) is 2.88. The molecule has 3 saturated heterocycles. The standard InChI is InChI=1S/C10H18N2O2/c1-3-13-7-8(1)12-2-4-14-10-6-11-5-9(10)12/h8-11H,1-7H2/t8?,9-,10-/m1/s1. The average molecular weight is 198 g/mol. The Kier molecular flexibility index (Phi) is 2.45. The number of hydrogen-bond acceptors (Lipinski definition) is 4. The fourth-order valence-corrected chi connectivity index (χ4v) is 2.85. The summed E-state index contributed by atoms with van der Waals surface area (Å²) in [7, 11) is 0. The molecule has 14 heavy (non-hydrogen) atoms. The van der Waals surface area contributed by atoms with Crippen molar-refractivity contribution in [1.29, 1.82) is 0 Å². The lowest BCUT2D eigenvalue weighted by atomic mass is 10.1. The number of nitrogens with zero attached hydrogens (tertiary/aromatic N) is 1. The van der Waals surface area contributed by atoms with Gasteiger partial charge >= 0.3 is 0 Å².